The van der Waals surface area contributed by atoms with E-state index in [9.17, 15) is 9.18 Å². The second kappa shape index (κ2) is 6.91. The summed E-state index contributed by atoms with van der Waals surface area (Å²) >= 11 is 0. The molecule has 0 atom stereocenters. The van der Waals surface area contributed by atoms with Crippen LogP contribution in [0.5, 0.6) is 5.75 Å². The summed E-state index contributed by atoms with van der Waals surface area (Å²) in [7, 11) is 4.92. The zero-order chi connectivity index (χ0) is 17.0. The Kier molecular flexibility index (Phi) is 4.95. The third kappa shape index (κ3) is 3.48. The first-order valence-corrected chi connectivity index (χ1v) is 6.93. The number of carbonyl (C=O) groups is 1. The molecule has 0 fully saturated rings. The maximum atomic E-state index is 14.3. The van der Waals surface area contributed by atoms with E-state index in [0.717, 1.165) is 0 Å². The van der Waals surface area contributed by atoms with E-state index in [1.165, 1.54) is 19.2 Å². The molecule has 2 rings (SSSR count). The lowest BCUT2D eigenvalue weighted by atomic mass is 10.1. The van der Waals surface area contributed by atoms with Crippen molar-refractivity contribution in [3.8, 4) is 5.75 Å². The number of para-hydroxylation sites is 1. The number of rotatable bonds is 5. The van der Waals surface area contributed by atoms with Gasteiger partial charge in [0.1, 0.15) is 17.4 Å². The van der Waals surface area contributed by atoms with Crippen molar-refractivity contribution in [1.82, 2.24) is 4.90 Å². The molecule has 5 nitrogen and oxygen atoms in total. The number of nitrogens with zero attached hydrogens (tertiary/aromatic N) is 1. The zero-order valence-electron chi connectivity index (χ0n) is 13.2. The number of aldehydes is 1. The van der Waals surface area contributed by atoms with E-state index in [0.29, 0.717) is 28.8 Å². The van der Waals surface area contributed by atoms with E-state index in [1.54, 1.807) is 43.3 Å². The number of nitrogens with one attached hydrogen (secondary N) is 2. The van der Waals surface area contributed by atoms with Crippen molar-refractivity contribution in [1.29, 1.82) is 5.41 Å². The molecule has 0 aliphatic heterocycles. The predicted molar refractivity (Wildman–Crippen MR) is 88.6 cm³/mol. The number of halogens is 1. The van der Waals surface area contributed by atoms with Crippen LogP contribution in [0.1, 0.15) is 15.9 Å². The number of carbonyl (C=O) groups excluding carboxylic acids is 1. The highest BCUT2D eigenvalue weighted by Gasteiger charge is 2.13. The number of anilines is 2. The van der Waals surface area contributed by atoms with E-state index >= 15 is 0 Å². The van der Waals surface area contributed by atoms with Crippen molar-refractivity contribution >= 4 is 23.5 Å². The van der Waals surface area contributed by atoms with Gasteiger partial charge in [0.25, 0.3) is 0 Å². The van der Waals surface area contributed by atoms with Gasteiger partial charge in [-0.3, -0.25) is 10.2 Å². The molecule has 0 aromatic heterocycles. The second-order valence-electron chi connectivity index (χ2n) is 5.11. The number of benzene rings is 2. The van der Waals surface area contributed by atoms with Gasteiger partial charge in [-0.2, -0.15) is 0 Å². The predicted octanol–water partition coefficient (Wildman–Crippen LogP) is 3.28. The van der Waals surface area contributed by atoms with Crippen LogP contribution in [-0.2, 0) is 0 Å². The van der Waals surface area contributed by atoms with Gasteiger partial charge in [0, 0.05) is 25.2 Å². The van der Waals surface area contributed by atoms with Gasteiger partial charge in [0.2, 0.25) is 0 Å². The summed E-state index contributed by atoms with van der Waals surface area (Å²) in [6.07, 6.45) is 0.679. The minimum absolute atomic E-state index is 0.202. The molecule has 23 heavy (non-hydrogen) atoms. The number of hydrogen-bond donors (Lipinski definition) is 2. The van der Waals surface area contributed by atoms with E-state index < -0.39 is 5.82 Å². The van der Waals surface area contributed by atoms with E-state index in [1.807, 2.05) is 0 Å². The fraction of sp³-hybridized carbons (Fsp3) is 0.176. The first kappa shape index (κ1) is 16.5. The van der Waals surface area contributed by atoms with Crippen LogP contribution in [0.2, 0.25) is 0 Å². The Morgan fingerprint density at radius 2 is 2.04 bits per heavy atom. The fourth-order valence-electron chi connectivity index (χ4n) is 2.11. The molecule has 0 amide bonds. The first-order chi connectivity index (χ1) is 11.0. The van der Waals surface area contributed by atoms with Crippen molar-refractivity contribution in [3.05, 3.63) is 53.3 Å². The van der Waals surface area contributed by atoms with E-state index in [2.05, 4.69) is 5.32 Å². The van der Waals surface area contributed by atoms with Crippen molar-refractivity contribution in [2.75, 3.05) is 26.5 Å². The Bertz CT molecular complexity index is 745. The van der Waals surface area contributed by atoms with Crippen LogP contribution in [0, 0.1) is 11.2 Å². The molecular weight excluding hydrogens is 297 g/mol. The van der Waals surface area contributed by atoms with Crippen molar-refractivity contribution in [2.24, 2.45) is 0 Å². The maximum Gasteiger partial charge on any atom is 0.152 e. The van der Waals surface area contributed by atoms with Gasteiger partial charge in [0.15, 0.2) is 6.29 Å². The van der Waals surface area contributed by atoms with Gasteiger partial charge >= 0.3 is 0 Å². The minimum atomic E-state index is -0.517. The van der Waals surface area contributed by atoms with E-state index in [4.69, 9.17) is 10.1 Å². The summed E-state index contributed by atoms with van der Waals surface area (Å²) in [5.41, 5.74) is 1.44. The highest BCUT2D eigenvalue weighted by Crippen LogP contribution is 2.31. The SMILES string of the molecule is COc1cccc(C=O)c1Nc1ccc(C(=N)N(C)C)cc1F. The van der Waals surface area contributed by atoms with Gasteiger partial charge in [0.05, 0.1) is 18.5 Å². The maximum absolute atomic E-state index is 14.3. The highest BCUT2D eigenvalue weighted by atomic mass is 19.1. The van der Waals surface area contributed by atoms with Crippen LogP contribution in [0.25, 0.3) is 0 Å². The Hall–Kier alpha value is -2.89. The monoisotopic (exact) mass is 315 g/mol. The van der Waals surface area contributed by atoms with Gasteiger partial charge < -0.3 is 15.0 Å². The molecule has 0 aliphatic rings. The summed E-state index contributed by atoms with van der Waals surface area (Å²) in [4.78, 5) is 12.8. The third-order valence-corrected chi connectivity index (χ3v) is 3.35. The molecular formula is C17H18FN3O2. The molecule has 120 valence electrons. The smallest absolute Gasteiger partial charge is 0.152 e. The van der Waals surface area contributed by atoms with Gasteiger partial charge in [-0.15, -0.1) is 0 Å². The Labute approximate surface area is 134 Å². The zero-order valence-corrected chi connectivity index (χ0v) is 13.2. The van der Waals surface area contributed by atoms with Crippen LogP contribution in [0.4, 0.5) is 15.8 Å². The van der Waals surface area contributed by atoms with Crippen LogP contribution >= 0.6 is 0 Å². The highest BCUT2D eigenvalue weighted by molar-refractivity contribution is 5.96. The van der Waals surface area contributed by atoms with Gasteiger partial charge in [-0.05, 0) is 30.3 Å². The fourth-order valence-corrected chi connectivity index (χ4v) is 2.11. The van der Waals surface area contributed by atoms with Crippen LogP contribution in [0.15, 0.2) is 36.4 Å². The molecule has 0 saturated carbocycles. The largest absolute Gasteiger partial charge is 0.495 e. The number of methoxy groups -OCH3 is 1. The molecule has 2 aromatic carbocycles. The number of amidine groups is 1. The summed E-state index contributed by atoms with van der Waals surface area (Å²) in [5.74, 6) is 0.136. The third-order valence-electron chi connectivity index (χ3n) is 3.35. The topological polar surface area (TPSA) is 65.4 Å². The minimum Gasteiger partial charge on any atom is -0.495 e. The Morgan fingerprint density at radius 1 is 1.30 bits per heavy atom. The quantitative estimate of drug-likeness (QED) is 0.505. The van der Waals surface area contributed by atoms with E-state index in [-0.39, 0.29) is 11.5 Å². The second-order valence-corrected chi connectivity index (χ2v) is 5.11. The molecule has 0 unspecified atom stereocenters. The molecule has 0 bridgehead atoms. The summed E-state index contributed by atoms with van der Waals surface area (Å²) in [6.45, 7) is 0. The van der Waals surface area contributed by atoms with Crippen LogP contribution < -0.4 is 10.1 Å². The van der Waals surface area contributed by atoms with Crippen molar-refractivity contribution in [2.45, 2.75) is 0 Å². The standard InChI is InChI=1S/C17H18FN3O2/c1-21(2)17(19)11-7-8-14(13(18)9-11)20-16-12(10-22)5-4-6-15(16)23-3/h4-10,19-20H,1-3H3. The Morgan fingerprint density at radius 3 is 2.61 bits per heavy atom. The lowest BCUT2D eigenvalue weighted by Gasteiger charge is -2.16. The summed E-state index contributed by atoms with van der Waals surface area (Å²) < 4.78 is 19.5. The van der Waals surface area contributed by atoms with Gasteiger partial charge in [-0.25, -0.2) is 4.39 Å². The molecule has 0 radical (unpaired) electrons. The normalized spacial score (nSPS) is 10.1. The molecule has 0 saturated heterocycles. The molecule has 0 aliphatic carbocycles. The van der Waals surface area contributed by atoms with Crippen molar-refractivity contribution in [3.63, 3.8) is 0 Å². The van der Waals surface area contributed by atoms with Gasteiger partial charge in [-0.1, -0.05) is 6.07 Å². The molecule has 2 N–H and O–H groups in total. The van der Waals surface area contributed by atoms with Crippen LogP contribution in [-0.4, -0.2) is 38.2 Å². The number of ether oxygens (including phenoxy) is 1. The molecule has 0 spiro atoms. The molecule has 0 heterocycles. The number of hydrogen-bond acceptors (Lipinski definition) is 4. The average Bonchev–Trinajstić information content (AvgIpc) is 2.55. The average molecular weight is 315 g/mol. The lowest BCUT2D eigenvalue weighted by Crippen LogP contribution is -2.21. The molecule has 6 heteroatoms. The first-order valence-electron chi connectivity index (χ1n) is 6.93. The lowest BCUT2D eigenvalue weighted by molar-refractivity contribution is 0.112. The van der Waals surface area contributed by atoms with Crippen LogP contribution in [0.3, 0.4) is 0 Å². The Balaban J connectivity index is 2.38. The molecule has 2 aromatic rings. The summed E-state index contributed by atoms with van der Waals surface area (Å²) in [5, 5.41) is 10.8. The summed E-state index contributed by atoms with van der Waals surface area (Å²) in [6, 6.07) is 9.44. The van der Waals surface area contributed by atoms with Crippen molar-refractivity contribution < 1.29 is 13.9 Å².